The molecule has 8 nitrogen and oxygen atoms in total. The lowest BCUT2D eigenvalue weighted by atomic mass is 9.83. The Morgan fingerprint density at radius 3 is 2.38 bits per heavy atom. The Morgan fingerprint density at radius 1 is 1.08 bits per heavy atom. The molecular formula is C18H25N3O5. The van der Waals surface area contributed by atoms with E-state index in [1.54, 1.807) is 20.0 Å². The van der Waals surface area contributed by atoms with Gasteiger partial charge in [-0.3, -0.25) is 0 Å². The zero-order chi connectivity index (χ0) is 18.9. The summed E-state index contributed by atoms with van der Waals surface area (Å²) in [5.41, 5.74) is 0.501. The number of nitrogens with zero attached hydrogens (tertiary/aromatic N) is 3. The average Bonchev–Trinajstić information content (AvgIpc) is 3.08. The van der Waals surface area contributed by atoms with Crippen molar-refractivity contribution < 1.29 is 25.2 Å². The second kappa shape index (κ2) is 7.42. The van der Waals surface area contributed by atoms with E-state index in [1.165, 1.54) is 4.68 Å². The van der Waals surface area contributed by atoms with Gasteiger partial charge in [0.25, 0.3) is 0 Å². The molecule has 0 spiro atoms. The molecule has 5 atom stereocenters. The molecule has 2 heterocycles. The molecule has 0 saturated carbocycles. The highest BCUT2D eigenvalue weighted by atomic mass is 16.5. The molecule has 4 N–H and O–H groups in total. The maximum absolute atomic E-state index is 10.9. The molecule has 1 saturated heterocycles. The Hall–Kier alpha value is -1.84. The van der Waals surface area contributed by atoms with Crippen LogP contribution in [0.4, 0.5) is 0 Å². The third-order valence-electron chi connectivity index (χ3n) is 5.10. The normalized spacial score (nSPS) is 31.5. The van der Waals surface area contributed by atoms with Crippen LogP contribution in [0.5, 0.6) is 0 Å². The Labute approximate surface area is 151 Å². The highest BCUT2D eigenvalue weighted by molar-refractivity contribution is 5.57. The third kappa shape index (κ3) is 3.38. The van der Waals surface area contributed by atoms with Crippen molar-refractivity contribution in [3.63, 3.8) is 0 Å². The molecule has 142 valence electrons. The van der Waals surface area contributed by atoms with Crippen LogP contribution in [-0.2, 0) is 4.74 Å². The predicted octanol–water partition coefficient (Wildman–Crippen LogP) is -0.0138. The molecule has 2 aromatic rings. The molecule has 1 fully saturated rings. The van der Waals surface area contributed by atoms with Crippen molar-refractivity contribution in [2.75, 3.05) is 13.2 Å². The first kappa shape index (κ1) is 18.9. The molecular weight excluding hydrogens is 338 g/mol. The van der Waals surface area contributed by atoms with Gasteiger partial charge in [0.15, 0.2) is 0 Å². The second-order valence-electron chi connectivity index (χ2n) is 7.15. The molecule has 26 heavy (non-hydrogen) atoms. The molecule has 0 bridgehead atoms. The van der Waals surface area contributed by atoms with Crippen LogP contribution in [0, 0.1) is 5.92 Å². The van der Waals surface area contributed by atoms with Gasteiger partial charge in [-0.05, 0) is 13.8 Å². The molecule has 0 aliphatic carbocycles. The predicted molar refractivity (Wildman–Crippen MR) is 93.1 cm³/mol. The maximum Gasteiger partial charge on any atom is 0.113 e. The summed E-state index contributed by atoms with van der Waals surface area (Å²) in [7, 11) is 0. The van der Waals surface area contributed by atoms with Crippen LogP contribution in [0.1, 0.15) is 19.9 Å². The van der Waals surface area contributed by atoms with Gasteiger partial charge in [0.1, 0.15) is 23.9 Å². The van der Waals surface area contributed by atoms with Crippen molar-refractivity contribution in [2.45, 2.75) is 43.8 Å². The van der Waals surface area contributed by atoms with E-state index < -0.39 is 42.5 Å². The van der Waals surface area contributed by atoms with Crippen molar-refractivity contribution >= 4 is 0 Å². The van der Waals surface area contributed by atoms with Gasteiger partial charge in [-0.1, -0.05) is 35.5 Å². The summed E-state index contributed by atoms with van der Waals surface area (Å²) in [5.74, 6) is -0.678. The van der Waals surface area contributed by atoms with Gasteiger partial charge in [0.05, 0.1) is 31.1 Å². The standard InChI is InChI=1S/C18H25N3O5/c1-18(2)12(9-22)16(24)15(17(25)14(10-23)26-18)21-8-13(19-20-21)11-6-4-3-5-7-11/h3-8,12,14-17,22-25H,9-10H2,1-2H3/t12-,14-,15+,16-,17+/m0/s1. The van der Waals surface area contributed by atoms with E-state index in [0.29, 0.717) is 5.69 Å². The molecule has 1 aliphatic heterocycles. The lowest BCUT2D eigenvalue weighted by Gasteiger charge is -2.35. The van der Waals surface area contributed by atoms with Crippen LogP contribution >= 0.6 is 0 Å². The zero-order valence-corrected chi connectivity index (χ0v) is 14.8. The first-order valence-electron chi connectivity index (χ1n) is 8.62. The Bertz CT molecular complexity index is 721. The largest absolute Gasteiger partial charge is 0.396 e. The van der Waals surface area contributed by atoms with Crippen molar-refractivity contribution in [3.8, 4) is 11.3 Å². The highest BCUT2D eigenvalue weighted by Gasteiger charge is 2.50. The molecule has 8 heteroatoms. The molecule has 0 unspecified atom stereocenters. The van der Waals surface area contributed by atoms with Gasteiger partial charge >= 0.3 is 0 Å². The Morgan fingerprint density at radius 2 is 1.77 bits per heavy atom. The van der Waals surface area contributed by atoms with E-state index in [-0.39, 0.29) is 6.61 Å². The summed E-state index contributed by atoms with van der Waals surface area (Å²) < 4.78 is 7.18. The van der Waals surface area contributed by atoms with Gasteiger partial charge in [0, 0.05) is 11.5 Å². The van der Waals surface area contributed by atoms with Crippen LogP contribution in [0.25, 0.3) is 11.3 Å². The van der Waals surface area contributed by atoms with E-state index >= 15 is 0 Å². The summed E-state index contributed by atoms with van der Waals surface area (Å²) in [4.78, 5) is 0. The minimum absolute atomic E-state index is 0.338. The number of hydrogen-bond donors (Lipinski definition) is 4. The summed E-state index contributed by atoms with van der Waals surface area (Å²) in [6, 6.07) is 8.49. The van der Waals surface area contributed by atoms with Crippen LogP contribution < -0.4 is 0 Å². The Balaban J connectivity index is 2.00. The van der Waals surface area contributed by atoms with Gasteiger partial charge in [0.2, 0.25) is 0 Å². The summed E-state index contributed by atoms with van der Waals surface area (Å²) in [6.07, 6.45) is -1.67. The topological polar surface area (TPSA) is 121 Å². The summed E-state index contributed by atoms with van der Waals surface area (Å²) in [5, 5.41) is 49.3. The van der Waals surface area contributed by atoms with Gasteiger partial charge < -0.3 is 25.2 Å². The highest BCUT2D eigenvalue weighted by Crippen LogP contribution is 2.38. The van der Waals surface area contributed by atoms with E-state index in [0.717, 1.165) is 5.56 Å². The minimum Gasteiger partial charge on any atom is -0.396 e. The van der Waals surface area contributed by atoms with Gasteiger partial charge in [-0.15, -0.1) is 5.10 Å². The quantitative estimate of drug-likeness (QED) is 0.603. The van der Waals surface area contributed by atoms with Gasteiger partial charge in [-0.2, -0.15) is 0 Å². The van der Waals surface area contributed by atoms with Crippen LogP contribution in [0.3, 0.4) is 0 Å². The van der Waals surface area contributed by atoms with Crippen LogP contribution in [0.15, 0.2) is 36.5 Å². The molecule has 0 amide bonds. The van der Waals surface area contributed by atoms with Crippen molar-refractivity contribution in [1.29, 1.82) is 0 Å². The number of rotatable bonds is 4. The van der Waals surface area contributed by atoms with Crippen molar-refractivity contribution in [3.05, 3.63) is 36.5 Å². The molecule has 0 radical (unpaired) electrons. The SMILES string of the molecule is CC1(C)O[C@@H](CO)[C@@H](O)[C@H](n2cc(-c3ccccc3)nn2)[C@@H](O)[C@@H]1CO. The van der Waals surface area contributed by atoms with Crippen LogP contribution in [0.2, 0.25) is 0 Å². The fourth-order valence-electron chi connectivity index (χ4n) is 3.57. The fourth-order valence-corrected chi connectivity index (χ4v) is 3.57. The van der Waals surface area contributed by atoms with Gasteiger partial charge in [-0.25, -0.2) is 4.68 Å². The smallest absolute Gasteiger partial charge is 0.113 e. The summed E-state index contributed by atoms with van der Waals surface area (Å²) in [6.45, 7) is 2.67. The first-order valence-corrected chi connectivity index (χ1v) is 8.62. The minimum atomic E-state index is -1.23. The van der Waals surface area contributed by atoms with E-state index in [2.05, 4.69) is 10.3 Å². The molecule has 1 aromatic carbocycles. The summed E-state index contributed by atoms with van der Waals surface area (Å²) >= 11 is 0. The molecule has 1 aliphatic rings. The number of aromatic nitrogens is 3. The second-order valence-corrected chi connectivity index (χ2v) is 7.15. The van der Waals surface area contributed by atoms with Crippen molar-refractivity contribution in [2.24, 2.45) is 5.92 Å². The Kier molecular flexibility index (Phi) is 5.40. The monoisotopic (exact) mass is 363 g/mol. The molecule has 3 rings (SSSR count). The molecule has 1 aromatic heterocycles. The van der Waals surface area contributed by atoms with E-state index in [9.17, 15) is 20.4 Å². The lowest BCUT2D eigenvalue weighted by Crippen LogP contribution is -2.45. The zero-order valence-electron chi connectivity index (χ0n) is 14.8. The average molecular weight is 363 g/mol. The third-order valence-corrected chi connectivity index (χ3v) is 5.10. The fraction of sp³-hybridized carbons (Fsp3) is 0.556. The number of ether oxygens (including phenoxy) is 1. The number of aliphatic hydroxyl groups is 4. The van der Waals surface area contributed by atoms with E-state index in [1.807, 2.05) is 30.3 Å². The van der Waals surface area contributed by atoms with E-state index in [4.69, 9.17) is 4.74 Å². The number of benzene rings is 1. The maximum atomic E-state index is 10.9. The van der Waals surface area contributed by atoms with Crippen LogP contribution in [-0.4, -0.2) is 72.5 Å². The van der Waals surface area contributed by atoms with Crippen molar-refractivity contribution in [1.82, 2.24) is 15.0 Å². The first-order chi connectivity index (χ1) is 12.4. The lowest BCUT2D eigenvalue weighted by molar-refractivity contribution is -0.151. The number of hydrogen-bond acceptors (Lipinski definition) is 7. The number of aliphatic hydroxyl groups excluding tert-OH is 4.